The zero-order chi connectivity index (χ0) is 21.1. The summed E-state index contributed by atoms with van der Waals surface area (Å²) >= 11 is 0.681. The number of phenolic OH excluding ortho intramolecular Hbond substituents is 2. The van der Waals surface area contributed by atoms with Crippen LogP contribution in [0.2, 0.25) is 0 Å². The van der Waals surface area contributed by atoms with Crippen molar-refractivity contribution >= 4 is 41.4 Å². The molecule has 1 aliphatic heterocycles. The summed E-state index contributed by atoms with van der Waals surface area (Å²) in [5.74, 6) is -2.01. The number of carbonyl (C=O) groups is 3. The highest BCUT2D eigenvalue weighted by Crippen LogP contribution is 2.38. The number of methoxy groups -OCH3 is 1. The van der Waals surface area contributed by atoms with Gasteiger partial charge in [0.2, 0.25) is 0 Å². The molecular weight excluding hydrogens is 398 g/mol. The zero-order valence-corrected chi connectivity index (χ0v) is 15.7. The highest BCUT2D eigenvalue weighted by Gasteiger charge is 2.36. The summed E-state index contributed by atoms with van der Waals surface area (Å²) < 4.78 is 5.06. The Balaban J connectivity index is 2.06. The quantitative estimate of drug-likeness (QED) is 0.301. The van der Waals surface area contributed by atoms with Crippen LogP contribution in [0.15, 0.2) is 46.9 Å². The third-order valence-electron chi connectivity index (χ3n) is 3.96. The molecule has 1 fully saturated rings. The molecule has 1 aliphatic rings. The first-order valence-corrected chi connectivity index (χ1v) is 8.84. The molecular formula is C19H13N3O6S. The van der Waals surface area contributed by atoms with Crippen LogP contribution in [-0.2, 0) is 9.59 Å². The molecule has 0 saturated carbocycles. The number of amides is 4. The maximum atomic E-state index is 12.8. The van der Waals surface area contributed by atoms with E-state index in [2.05, 4.69) is 5.32 Å². The first-order chi connectivity index (χ1) is 13.8. The normalized spacial score (nSPS) is 15.2. The Morgan fingerprint density at radius 3 is 2.48 bits per heavy atom. The lowest BCUT2D eigenvalue weighted by Gasteiger charge is -2.26. The van der Waals surface area contributed by atoms with E-state index in [4.69, 9.17) is 10.00 Å². The van der Waals surface area contributed by atoms with Crippen molar-refractivity contribution in [2.45, 2.75) is 4.90 Å². The fraction of sp³-hybridized carbons (Fsp3) is 0.0526. The SMILES string of the molecule is COc1cc(/C=C2/C(=O)NC(=O)N(c3ccc(O)cc3)C2=O)cc(SC#N)c1O. The number of thioether (sulfide) groups is 1. The first kappa shape index (κ1) is 19.8. The van der Waals surface area contributed by atoms with Gasteiger partial charge in [0.05, 0.1) is 17.7 Å². The van der Waals surface area contributed by atoms with E-state index in [9.17, 15) is 24.6 Å². The van der Waals surface area contributed by atoms with Gasteiger partial charge in [-0.25, -0.2) is 9.69 Å². The smallest absolute Gasteiger partial charge is 0.335 e. The van der Waals surface area contributed by atoms with Gasteiger partial charge in [-0.15, -0.1) is 0 Å². The number of ether oxygens (including phenoxy) is 1. The molecule has 3 rings (SSSR count). The van der Waals surface area contributed by atoms with E-state index in [-0.39, 0.29) is 33.4 Å². The number of imide groups is 2. The summed E-state index contributed by atoms with van der Waals surface area (Å²) in [5, 5.41) is 32.2. The Morgan fingerprint density at radius 1 is 1.17 bits per heavy atom. The fourth-order valence-electron chi connectivity index (χ4n) is 2.63. The zero-order valence-electron chi connectivity index (χ0n) is 14.9. The molecule has 2 aromatic rings. The Hall–Kier alpha value is -3.97. The molecule has 29 heavy (non-hydrogen) atoms. The Bertz CT molecular complexity index is 1090. The van der Waals surface area contributed by atoms with E-state index in [0.29, 0.717) is 17.3 Å². The van der Waals surface area contributed by atoms with Crippen molar-refractivity contribution in [2.75, 3.05) is 12.0 Å². The van der Waals surface area contributed by atoms with E-state index < -0.39 is 17.8 Å². The molecule has 1 saturated heterocycles. The summed E-state index contributed by atoms with van der Waals surface area (Å²) in [5.41, 5.74) is 0.127. The lowest BCUT2D eigenvalue weighted by molar-refractivity contribution is -0.122. The summed E-state index contributed by atoms with van der Waals surface area (Å²) in [6.45, 7) is 0. The molecule has 3 N–H and O–H groups in total. The van der Waals surface area contributed by atoms with Crippen LogP contribution >= 0.6 is 11.8 Å². The van der Waals surface area contributed by atoms with Crippen LogP contribution in [0.3, 0.4) is 0 Å². The van der Waals surface area contributed by atoms with Crippen molar-refractivity contribution < 1.29 is 29.3 Å². The second-order valence-electron chi connectivity index (χ2n) is 5.74. The summed E-state index contributed by atoms with van der Waals surface area (Å²) in [6.07, 6.45) is 1.22. The average molecular weight is 411 g/mol. The largest absolute Gasteiger partial charge is 0.508 e. The van der Waals surface area contributed by atoms with Gasteiger partial charge in [0.25, 0.3) is 11.8 Å². The minimum atomic E-state index is -0.924. The van der Waals surface area contributed by atoms with Crippen molar-refractivity contribution in [3.05, 3.63) is 47.5 Å². The molecule has 0 atom stereocenters. The van der Waals surface area contributed by atoms with Gasteiger partial charge in [0.15, 0.2) is 11.5 Å². The van der Waals surface area contributed by atoms with Crippen molar-refractivity contribution in [1.82, 2.24) is 5.32 Å². The molecule has 0 aliphatic carbocycles. The van der Waals surface area contributed by atoms with Gasteiger partial charge >= 0.3 is 6.03 Å². The summed E-state index contributed by atoms with van der Waals surface area (Å²) in [4.78, 5) is 38.2. The third-order valence-corrected chi connectivity index (χ3v) is 4.58. The number of thiocyanates is 1. The van der Waals surface area contributed by atoms with Gasteiger partial charge in [-0.3, -0.25) is 14.9 Å². The van der Waals surface area contributed by atoms with Gasteiger partial charge in [0.1, 0.15) is 16.7 Å². The number of anilines is 1. The van der Waals surface area contributed by atoms with Crippen LogP contribution in [0.5, 0.6) is 17.2 Å². The second kappa shape index (κ2) is 7.95. The maximum absolute atomic E-state index is 12.8. The topological polar surface area (TPSA) is 140 Å². The van der Waals surface area contributed by atoms with E-state index in [1.807, 2.05) is 5.40 Å². The van der Waals surface area contributed by atoms with E-state index in [1.54, 1.807) is 0 Å². The minimum Gasteiger partial charge on any atom is -0.508 e. The van der Waals surface area contributed by atoms with Crippen LogP contribution < -0.4 is 15.0 Å². The van der Waals surface area contributed by atoms with Crippen molar-refractivity contribution in [2.24, 2.45) is 0 Å². The molecule has 0 aromatic heterocycles. The number of hydrogen-bond acceptors (Lipinski definition) is 8. The van der Waals surface area contributed by atoms with Gasteiger partial charge in [-0.2, -0.15) is 5.26 Å². The molecule has 146 valence electrons. The van der Waals surface area contributed by atoms with E-state index in [0.717, 1.165) is 4.90 Å². The number of phenols is 2. The van der Waals surface area contributed by atoms with Gasteiger partial charge in [-0.05, 0) is 59.8 Å². The second-order valence-corrected chi connectivity index (χ2v) is 6.56. The Kier molecular flexibility index (Phi) is 5.43. The van der Waals surface area contributed by atoms with Crippen LogP contribution in [-0.4, -0.2) is 35.2 Å². The van der Waals surface area contributed by atoms with Gasteiger partial charge < -0.3 is 14.9 Å². The first-order valence-electron chi connectivity index (χ1n) is 8.03. The number of nitrogens with zero attached hydrogens (tertiary/aromatic N) is 2. The number of carbonyl (C=O) groups excluding carboxylic acids is 3. The monoisotopic (exact) mass is 411 g/mol. The molecule has 0 spiro atoms. The molecule has 4 amide bonds. The maximum Gasteiger partial charge on any atom is 0.335 e. The lowest BCUT2D eigenvalue weighted by atomic mass is 10.1. The number of barbiturate groups is 1. The lowest BCUT2D eigenvalue weighted by Crippen LogP contribution is -2.54. The molecule has 9 nitrogen and oxygen atoms in total. The number of hydrogen-bond donors (Lipinski definition) is 3. The molecule has 2 aromatic carbocycles. The van der Waals surface area contributed by atoms with Crippen LogP contribution in [0, 0.1) is 10.7 Å². The Labute approximate surface area is 168 Å². The molecule has 0 bridgehead atoms. The van der Waals surface area contributed by atoms with Crippen molar-refractivity contribution in [3.63, 3.8) is 0 Å². The van der Waals surface area contributed by atoms with E-state index >= 15 is 0 Å². The third kappa shape index (κ3) is 3.85. The highest BCUT2D eigenvalue weighted by molar-refractivity contribution is 8.03. The number of nitriles is 1. The fourth-order valence-corrected chi connectivity index (χ4v) is 3.12. The molecule has 0 radical (unpaired) electrons. The average Bonchev–Trinajstić information content (AvgIpc) is 2.68. The summed E-state index contributed by atoms with van der Waals surface area (Å²) in [7, 11) is 1.32. The number of rotatable bonds is 4. The minimum absolute atomic E-state index is 0.0484. The molecule has 10 heteroatoms. The van der Waals surface area contributed by atoms with Crippen LogP contribution in [0.1, 0.15) is 5.56 Å². The number of urea groups is 1. The van der Waals surface area contributed by atoms with Gasteiger partial charge in [-0.1, -0.05) is 0 Å². The van der Waals surface area contributed by atoms with E-state index in [1.165, 1.54) is 49.6 Å². The number of benzene rings is 2. The van der Waals surface area contributed by atoms with Crippen LogP contribution in [0.25, 0.3) is 6.08 Å². The van der Waals surface area contributed by atoms with Crippen molar-refractivity contribution in [3.8, 4) is 22.6 Å². The summed E-state index contributed by atoms with van der Waals surface area (Å²) in [6, 6.07) is 7.16. The predicted molar refractivity (Wildman–Crippen MR) is 103 cm³/mol. The predicted octanol–water partition coefficient (Wildman–Crippen LogP) is 2.35. The van der Waals surface area contributed by atoms with Gasteiger partial charge in [0, 0.05) is 0 Å². The van der Waals surface area contributed by atoms with Crippen molar-refractivity contribution in [1.29, 1.82) is 5.26 Å². The molecule has 1 heterocycles. The molecule has 0 unspecified atom stereocenters. The number of nitrogens with one attached hydrogen (secondary N) is 1. The standard InChI is InChI=1S/C19H13N3O6S/c1-28-14-7-10(8-15(16(14)24)29-9-20)6-13-17(25)21-19(27)22(18(13)26)11-2-4-12(23)5-3-11/h2-8,23-24H,1H3,(H,21,25,27)/b13-6-. The van der Waals surface area contributed by atoms with Crippen LogP contribution in [0.4, 0.5) is 10.5 Å². The highest BCUT2D eigenvalue weighted by atomic mass is 32.2. The number of aromatic hydroxyl groups is 2. The Morgan fingerprint density at radius 2 is 1.86 bits per heavy atom.